The van der Waals surface area contributed by atoms with Gasteiger partial charge in [-0.3, -0.25) is 4.79 Å². The number of methoxy groups -OCH3 is 1. The number of carbonyl (C=O) groups is 1. The van der Waals surface area contributed by atoms with Gasteiger partial charge in [-0.15, -0.1) is 0 Å². The molecule has 15 heavy (non-hydrogen) atoms. The maximum atomic E-state index is 11.5. The molecule has 0 aromatic carbocycles. The Bertz CT molecular complexity index is 184. The van der Waals surface area contributed by atoms with E-state index >= 15 is 0 Å². The molecule has 0 aromatic heterocycles. The summed E-state index contributed by atoms with van der Waals surface area (Å²) in [5.74, 6) is -0.0414. The molecule has 5 heteroatoms. The zero-order valence-electron chi connectivity index (χ0n) is 9.84. The number of amides is 1. The first-order chi connectivity index (χ1) is 7.04. The molecule has 0 aromatic rings. The molecule has 0 fully saturated rings. The van der Waals surface area contributed by atoms with Gasteiger partial charge >= 0.3 is 0 Å². The van der Waals surface area contributed by atoms with Crippen molar-refractivity contribution < 1.29 is 14.3 Å². The second-order valence-electron chi connectivity index (χ2n) is 3.95. The molecule has 90 valence electrons. The number of carbonyl (C=O) groups excluding carboxylic acids is 1. The van der Waals surface area contributed by atoms with Gasteiger partial charge in [0.05, 0.1) is 25.2 Å². The van der Waals surface area contributed by atoms with Crippen LogP contribution in [0.1, 0.15) is 13.8 Å². The average molecular weight is 218 g/mol. The Balaban J connectivity index is 3.47. The van der Waals surface area contributed by atoms with Gasteiger partial charge in [-0.25, -0.2) is 0 Å². The molecule has 0 saturated carbocycles. The van der Waals surface area contributed by atoms with Crippen LogP contribution in [0.25, 0.3) is 0 Å². The van der Waals surface area contributed by atoms with Gasteiger partial charge in [0.1, 0.15) is 0 Å². The highest BCUT2D eigenvalue weighted by Crippen LogP contribution is 2.11. The molecule has 5 nitrogen and oxygen atoms in total. The summed E-state index contributed by atoms with van der Waals surface area (Å²) in [5, 5.41) is 2.77. The zero-order chi connectivity index (χ0) is 11.7. The van der Waals surface area contributed by atoms with Crippen molar-refractivity contribution in [1.82, 2.24) is 5.32 Å². The van der Waals surface area contributed by atoms with Crippen LogP contribution in [-0.4, -0.2) is 45.9 Å². The molecular weight excluding hydrogens is 196 g/mol. The van der Waals surface area contributed by atoms with Crippen LogP contribution in [0.3, 0.4) is 0 Å². The van der Waals surface area contributed by atoms with Crippen molar-refractivity contribution in [2.75, 3.05) is 40.0 Å². The van der Waals surface area contributed by atoms with Crippen LogP contribution in [0.4, 0.5) is 0 Å². The van der Waals surface area contributed by atoms with Crippen LogP contribution in [-0.2, 0) is 14.3 Å². The van der Waals surface area contributed by atoms with Gasteiger partial charge < -0.3 is 20.5 Å². The second-order valence-corrected chi connectivity index (χ2v) is 3.95. The number of hydrogen-bond donors (Lipinski definition) is 2. The lowest BCUT2D eigenvalue weighted by Crippen LogP contribution is -2.42. The molecule has 0 heterocycles. The third-order valence-corrected chi connectivity index (χ3v) is 2.09. The molecule has 0 bridgehead atoms. The summed E-state index contributed by atoms with van der Waals surface area (Å²) in [6.07, 6.45) is 0. The minimum absolute atomic E-state index is 0.0414. The van der Waals surface area contributed by atoms with E-state index in [2.05, 4.69) is 5.32 Å². The zero-order valence-corrected chi connectivity index (χ0v) is 9.84. The quantitative estimate of drug-likeness (QED) is 0.551. The molecule has 0 rings (SSSR count). The normalized spacial score (nSPS) is 11.5. The summed E-state index contributed by atoms with van der Waals surface area (Å²) in [5.41, 5.74) is 4.96. The summed E-state index contributed by atoms with van der Waals surface area (Å²) in [6.45, 7) is 6.09. The first-order valence-corrected chi connectivity index (χ1v) is 5.09. The van der Waals surface area contributed by atoms with Crippen molar-refractivity contribution in [2.45, 2.75) is 13.8 Å². The smallest absolute Gasteiger partial charge is 0.227 e. The van der Waals surface area contributed by atoms with E-state index < -0.39 is 5.41 Å². The van der Waals surface area contributed by atoms with E-state index in [-0.39, 0.29) is 5.91 Å². The molecule has 0 aliphatic heterocycles. The van der Waals surface area contributed by atoms with E-state index in [1.807, 2.05) is 13.8 Å². The molecule has 0 saturated heterocycles. The molecule has 3 N–H and O–H groups in total. The SMILES string of the molecule is COCCOCCNC(=O)C(C)(C)CN. The molecular formula is C10H22N2O3. The maximum Gasteiger partial charge on any atom is 0.227 e. The topological polar surface area (TPSA) is 73.6 Å². The van der Waals surface area contributed by atoms with E-state index in [1.54, 1.807) is 7.11 Å². The highest BCUT2D eigenvalue weighted by molar-refractivity contribution is 5.81. The maximum absolute atomic E-state index is 11.5. The molecule has 0 radical (unpaired) electrons. The summed E-state index contributed by atoms with van der Waals surface area (Å²) >= 11 is 0. The van der Waals surface area contributed by atoms with Crippen molar-refractivity contribution in [2.24, 2.45) is 11.1 Å². The number of nitrogens with one attached hydrogen (secondary N) is 1. The van der Waals surface area contributed by atoms with Gasteiger partial charge in [-0.2, -0.15) is 0 Å². The fourth-order valence-electron chi connectivity index (χ4n) is 0.813. The summed E-state index contributed by atoms with van der Waals surface area (Å²) in [4.78, 5) is 11.5. The summed E-state index contributed by atoms with van der Waals surface area (Å²) in [7, 11) is 1.62. The minimum Gasteiger partial charge on any atom is -0.382 e. The van der Waals surface area contributed by atoms with Gasteiger partial charge in [-0.1, -0.05) is 0 Å². The van der Waals surface area contributed by atoms with Crippen molar-refractivity contribution >= 4 is 5.91 Å². The van der Waals surface area contributed by atoms with Crippen molar-refractivity contribution in [3.63, 3.8) is 0 Å². The third-order valence-electron chi connectivity index (χ3n) is 2.09. The molecule has 0 aliphatic carbocycles. The Morgan fingerprint density at radius 2 is 2.00 bits per heavy atom. The predicted molar refractivity (Wildman–Crippen MR) is 58.5 cm³/mol. The average Bonchev–Trinajstić information content (AvgIpc) is 2.22. The van der Waals surface area contributed by atoms with Gasteiger partial charge in [0.2, 0.25) is 5.91 Å². The van der Waals surface area contributed by atoms with Gasteiger partial charge in [0.25, 0.3) is 0 Å². The first-order valence-electron chi connectivity index (χ1n) is 5.09. The monoisotopic (exact) mass is 218 g/mol. The van der Waals surface area contributed by atoms with E-state index in [9.17, 15) is 4.79 Å². The second kappa shape index (κ2) is 7.62. The fraction of sp³-hybridized carbons (Fsp3) is 0.900. The lowest BCUT2D eigenvalue weighted by Gasteiger charge is -2.21. The molecule has 0 atom stereocenters. The van der Waals surface area contributed by atoms with Crippen LogP contribution < -0.4 is 11.1 Å². The predicted octanol–water partition coefficient (Wildman–Crippen LogP) is -0.249. The Hall–Kier alpha value is -0.650. The fourth-order valence-corrected chi connectivity index (χ4v) is 0.813. The van der Waals surface area contributed by atoms with Crippen LogP contribution >= 0.6 is 0 Å². The Kier molecular flexibility index (Phi) is 7.29. The summed E-state index contributed by atoms with van der Waals surface area (Å²) < 4.78 is 10.0. The van der Waals surface area contributed by atoms with Crippen LogP contribution in [0.15, 0.2) is 0 Å². The Labute approximate surface area is 91.3 Å². The van der Waals surface area contributed by atoms with Crippen LogP contribution in [0.2, 0.25) is 0 Å². The van der Waals surface area contributed by atoms with E-state index in [4.69, 9.17) is 15.2 Å². The summed E-state index contributed by atoms with van der Waals surface area (Å²) in [6, 6.07) is 0. The number of rotatable bonds is 8. The molecule has 0 aliphatic rings. The van der Waals surface area contributed by atoms with Crippen LogP contribution in [0, 0.1) is 5.41 Å². The number of ether oxygens (including phenoxy) is 2. The van der Waals surface area contributed by atoms with Crippen molar-refractivity contribution in [3.05, 3.63) is 0 Å². The highest BCUT2D eigenvalue weighted by Gasteiger charge is 2.24. The van der Waals surface area contributed by atoms with E-state index in [0.717, 1.165) is 0 Å². The lowest BCUT2D eigenvalue weighted by molar-refractivity contribution is -0.129. The van der Waals surface area contributed by atoms with Gasteiger partial charge in [0.15, 0.2) is 0 Å². The third kappa shape index (κ3) is 6.43. The minimum atomic E-state index is -0.507. The molecule has 1 amide bonds. The van der Waals surface area contributed by atoms with Gasteiger partial charge in [-0.05, 0) is 13.8 Å². The molecule has 0 unspecified atom stereocenters. The first kappa shape index (κ1) is 14.3. The van der Waals surface area contributed by atoms with E-state index in [0.29, 0.717) is 32.9 Å². The van der Waals surface area contributed by atoms with Crippen molar-refractivity contribution in [3.8, 4) is 0 Å². The van der Waals surface area contributed by atoms with E-state index in [1.165, 1.54) is 0 Å². The Morgan fingerprint density at radius 3 is 2.53 bits per heavy atom. The van der Waals surface area contributed by atoms with Crippen molar-refractivity contribution in [1.29, 1.82) is 0 Å². The Morgan fingerprint density at radius 1 is 1.33 bits per heavy atom. The van der Waals surface area contributed by atoms with Gasteiger partial charge in [0, 0.05) is 20.2 Å². The standard InChI is InChI=1S/C10H22N2O3/c1-10(2,8-11)9(13)12-4-5-15-7-6-14-3/h4-8,11H2,1-3H3,(H,12,13). The number of nitrogens with two attached hydrogens (primary N) is 1. The van der Waals surface area contributed by atoms with Crippen LogP contribution in [0.5, 0.6) is 0 Å². The highest BCUT2D eigenvalue weighted by atomic mass is 16.5. The molecule has 0 spiro atoms. The largest absolute Gasteiger partial charge is 0.382 e. The number of hydrogen-bond acceptors (Lipinski definition) is 4. The lowest BCUT2D eigenvalue weighted by atomic mass is 9.93.